The van der Waals surface area contributed by atoms with Crippen LogP contribution in [0.25, 0.3) is 0 Å². The summed E-state index contributed by atoms with van der Waals surface area (Å²) in [6.45, 7) is 18.0. The topological polar surface area (TPSA) is 40.6 Å². The fourth-order valence-electron chi connectivity index (χ4n) is 3.14. The van der Waals surface area contributed by atoms with Crippen LogP contribution in [0.5, 0.6) is 0 Å². The standard InChI is InChI=1S/C16H28N2O2.Ca/c1-9-18(10-2)12(19)15(5,6)16(7)11-14(3,4)17(8)13(16)20;/h1-2,9-11H2,3-8H3;/q-2;+2. The minimum absolute atomic E-state index is 0. The monoisotopic (exact) mass is 320 g/mol. The molecular formula is C16H28CaN2O2. The van der Waals surface area contributed by atoms with Crippen LogP contribution in [0.2, 0.25) is 0 Å². The summed E-state index contributed by atoms with van der Waals surface area (Å²) in [5, 5.41) is 0. The summed E-state index contributed by atoms with van der Waals surface area (Å²) in [5.41, 5.74) is -1.71. The maximum atomic E-state index is 12.8. The molecule has 0 spiro atoms. The van der Waals surface area contributed by atoms with E-state index in [1.54, 1.807) is 9.80 Å². The Kier molecular flexibility index (Phi) is 6.82. The van der Waals surface area contributed by atoms with Gasteiger partial charge in [0.05, 0.1) is 10.8 Å². The van der Waals surface area contributed by atoms with Crippen LogP contribution in [-0.4, -0.2) is 85.0 Å². The van der Waals surface area contributed by atoms with E-state index in [0.717, 1.165) is 0 Å². The van der Waals surface area contributed by atoms with Crippen LogP contribution in [0.15, 0.2) is 0 Å². The molecule has 1 heterocycles. The van der Waals surface area contributed by atoms with Crippen LogP contribution in [0.1, 0.15) is 41.0 Å². The van der Waals surface area contributed by atoms with E-state index in [1.165, 1.54) is 0 Å². The van der Waals surface area contributed by atoms with E-state index in [4.69, 9.17) is 0 Å². The molecule has 1 aliphatic heterocycles. The molecule has 1 saturated heterocycles. The number of hydrogen-bond donors (Lipinski definition) is 0. The minimum Gasteiger partial charge on any atom is -0.402 e. The van der Waals surface area contributed by atoms with E-state index in [-0.39, 0.29) is 55.1 Å². The molecule has 0 saturated carbocycles. The van der Waals surface area contributed by atoms with Gasteiger partial charge >= 0.3 is 37.7 Å². The molecule has 4 nitrogen and oxygen atoms in total. The molecule has 1 fully saturated rings. The van der Waals surface area contributed by atoms with Crippen molar-refractivity contribution in [3.8, 4) is 0 Å². The number of amides is 2. The van der Waals surface area contributed by atoms with Gasteiger partial charge in [0.25, 0.3) is 0 Å². The van der Waals surface area contributed by atoms with E-state index in [1.807, 2.05) is 41.7 Å². The summed E-state index contributed by atoms with van der Waals surface area (Å²) < 4.78 is 0. The first-order valence-corrected chi connectivity index (χ1v) is 7.12. The van der Waals surface area contributed by atoms with Crippen molar-refractivity contribution in [3.63, 3.8) is 0 Å². The summed E-state index contributed by atoms with van der Waals surface area (Å²) in [5.74, 6) is -0.0154. The van der Waals surface area contributed by atoms with Gasteiger partial charge in [-0.2, -0.15) is 0 Å². The number of likely N-dealkylation sites (tertiary alicyclic amines) is 1. The van der Waals surface area contributed by atoms with E-state index < -0.39 is 10.8 Å². The van der Waals surface area contributed by atoms with E-state index in [2.05, 4.69) is 13.8 Å². The largest absolute Gasteiger partial charge is 2.00 e. The summed E-state index contributed by atoms with van der Waals surface area (Å²) >= 11 is 0. The Morgan fingerprint density at radius 2 is 1.71 bits per heavy atom. The quantitative estimate of drug-likeness (QED) is 0.585. The fraction of sp³-hybridized carbons (Fsp3) is 0.750. The Balaban J connectivity index is 0.00000400. The van der Waals surface area contributed by atoms with Gasteiger partial charge in [-0.15, -0.1) is 13.1 Å². The third-order valence-electron chi connectivity index (χ3n) is 5.21. The normalized spacial score (nSPS) is 24.8. The van der Waals surface area contributed by atoms with Gasteiger partial charge in [-0.1, -0.05) is 0 Å². The maximum absolute atomic E-state index is 12.8. The molecule has 2 amide bonds. The van der Waals surface area contributed by atoms with Gasteiger partial charge in [-0.05, 0) is 41.0 Å². The second-order valence-electron chi connectivity index (χ2n) is 7.10. The zero-order valence-electron chi connectivity index (χ0n) is 14.5. The Morgan fingerprint density at radius 1 is 1.29 bits per heavy atom. The Morgan fingerprint density at radius 3 is 2.00 bits per heavy atom. The van der Waals surface area contributed by atoms with E-state index in [9.17, 15) is 9.59 Å². The van der Waals surface area contributed by atoms with Crippen molar-refractivity contribution in [2.24, 2.45) is 10.8 Å². The molecule has 0 aromatic carbocycles. The summed E-state index contributed by atoms with van der Waals surface area (Å²) in [7, 11) is 1.81. The first-order valence-electron chi connectivity index (χ1n) is 7.12. The Bertz CT molecular complexity index is 417. The predicted molar refractivity (Wildman–Crippen MR) is 86.4 cm³/mol. The molecule has 0 bridgehead atoms. The summed E-state index contributed by atoms with van der Waals surface area (Å²) in [6.07, 6.45) is 0.663. The third-order valence-corrected chi connectivity index (χ3v) is 5.21. The number of carbonyl (C=O) groups is 2. The molecule has 1 aliphatic rings. The molecule has 21 heavy (non-hydrogen) atoms. The molecule has 0 N–H and O–H groups in total. The van der Waals surface area contributed by atoms with Gasteiger partial charge < -0.3 is 23.6 Å². The molecule has 1 atom stereocenters. The first kappa shape index (κ1) is 21.2. The second kappa shape index (κ2) is 6.76. The van der Waals surface area contributed by atoms with Gasteiger partial charge in [-0.3, -0.25) is 9.59 Å². The van der Waals surface area contributed by atoms with Crippen molar-refractivity contribution in [1.82, 2.24) is 9.80 Å². The summed E-state index contributed by atoms with van der Waals surface area (Å²) in [4.78, 5) is 28.8. The van der Waals surface area contributed by atoms with E-state index in [0.29, 0.717) is 19.5 Å². The van der Waals surface area contributed by atoms with Gasteiger partial charge in [-0.25, -0.2) is 0 Å². The molecule has 0 aliphatic carbocycles. The molecule has 1 rings (SSSR count). The molecule has 116 valence electrons. The number of carbonyl (C=O) groups excluding carboxylic acids is 2. The van der Waals surface area contributed by atoms with Crippen LogP contribution in [0.4, 0.5) is 0 Å². The van der Waals surface area contributed by atoms with Gasteiger partial charge in [0, 0.05) is 12.6 Å². The molecule has 0 aromatic rings. The number of nitrogens with zero attached hydrogens (tertiary/aromatic N) is 2. The average Bonchev–Trinajstić information content (AvgIpc) is 2.52. The Labute approximate surface area is 159 Å². The predicted octanol–water partition coefficient (Wildman–Crippen LogP) is 1.78. The zero-order chi connectivity index (χ0) is 15.9. The number of rotatable bonds is 4. The van der Waals surface area contributed by atoms with Crippen molar-refractivity contribution in [2.75, 3.05) is 20.1 Å². The summed E-state index contributed by atoms with van der Waals surface area (Å²) in [6, 6.07) is 0. The van der Waals surface area contributed by atoms with Crippen LogP contribution in [-0.2, 0) is 9.59 Å². The smallest absolute Gasteiger partial charge is 0.402 e. The van der Waals surface area contributed by atoms with Crippen molar-refractivity contribution >= 4 is 49.6 Å². The van der Waals surface area contributed by atoms with Crippen LogP contribution in [0, 0.1) is 24.7 Å². The first-order chi connectivity index (χ1) is 8.95. The van der Waals surface area contributed by atoms with Gasteiger partial charge in [0.15, 0.2) is 0 Å². The molecule has 5 heteroatoms. The van der Waals surface area contributed by atoms with E-state index >= 15 is 0 Å². The average molecular weight is 320 g/mol. The maximum Gasteiger partial charge on any atom is 2.00 e. The molecular weight excluding hydrogens is 292 g/mol. The fourth-order valence-corrected chi connectivity index (χ4v) is 3.14. The van der Waals surface area contributed by atoms with Crippen LogP contribution >= 0.6 is 0 Å². The van der Waals surface area contributed by atoms with Gasteiger partial charge in [0.2, 0.25) is 11.8 Å². The minimum atomic E-state index is -0.776. The molecule has 1 unspecified atom stereocenters. The molecule has 0 radical (unpaired) electrons. The number of hydrogen-bond acceptors (Lipinski definition) is 2. The van der Waals surface area contributed by atoms with Crippen molar-refractivity contribution in [2.45, 2.75) is 46.6 Å². The van der Waals surface area contributed by atoms with Crippen LogP contribution in [0.3, 0.4) is 0 Å². The Hall–Kier alpha value is 0.200. The van der Waals surface area contributed by atoms with Gasteiger partial charge in [0.1, 0.15) is 0 Å². The third kappa shape index (κ3) is 3.27. The van der Waals surface area contributed by atoms with Crippen molar-refractivity contribution in [3.05, 3.63) is 13.8 Å². The van der Waals surface area contributed by atoms with Crippen molar-refractivity contribution < 1.29 is 9.59 Å². The van der Waals surface area contributed by atoms with Crippen molar-refractivity contribution in [1.29, 1.82) is 0 Å². The molecule has 0 aromatic heterocycles. The SMILES string of the molecule is [CH2-]CN(C[CH2-])C(=O)C(C)(C)C1(C)CC(C)(C)N(C)C1=O.[Ca+2]. The van der Waals surface area contributed by atoms with Crippen LogP contribution < -0.4 is 0 Å². The zero-order valence-corrected chi connectivity index (χ0v) is 16.7. The second-order valence-corrected chi connectivity index (χ2v) is 7.10.